The molecule has 168 valence electrons. The summed E-state index contributed by atoms with van der Waals surface area (Å²) in [5.74, 6) is -0.163. The van der Waals surface area contributed by atoms with Crippen LogP contribution in [-0.2, 0) is 16.0 Å². The van der Waals surface area contributed by atoms with E-state index in [1.165, 1.54) is 4.90 Å². The number of hydrogen-bond acceptors (Lipinski definition) is 5. The number of carbonyl (C=O) groups is 3. The van der Waals surface area contributed by atoms with Crippen LogP contribution < -0.4 is 10.6 Å². The Labute approximate surface area is 189 Å². The van der Waals surface area contributed by atoms with Crippen molar-refractivity contribution in [3.8, 4) is 0 Å². The van der Waals surface area contributed by atoms with E-state index in [1.807, 2.05) is 54.9 Å². The van der Waals surface area contributed by atoms with E-state index < -0.39 is 24.0 Å². The van der Waals surface area contributed by atoms with Crippen LogP contribution in [0.2, 0.25) is 0 Å². The van der Waals surface area contributed by atoms with Gasteiger partial charge in [0.25, 0.3) is 5.91 Å². The summed E-state index contributed by atoms with van der Waals surface area (Å²) in [5.41, 5.74) is 2.72. The van der Waals surface area contributed by atoms with Gasteiger partial charge in [0.1, 0.15) is 6.04 Å². The summed E-state index contributed by atoms with van der Waals surface area (Å²) in [6.07, 6.45) is 4.09. The lowest BCUT2D eigenvalue weighted by atomic mass is 10.1. The number of pyridine rings is 1. The SMILES string of the molecule is CC(NC(=O)CC1NC(=O)N(CCc2c[nH]c3ccccc23)C1=O)c1nnc2ccccn12. The second-order valence-electron chi connectivity index (χ2n) is 8.08. The topological polar surface area (TPSA) is 124 Å². The molecule has 1 saturated heterocycles. The van der Waals surface area contributed by atoms with E-state index in [4.69, 9.17) is 0 Å². The van der Waals surface area contributed by atoms with Gasteiger partial charge in [0.05, 0.1) is 12.5 Å². The van der Waals surface area contributed by atoms with Crippen molar-refractivity contribution in [2.75, 3.05) is 6.54 Å². The number of nitrogens with zero attached hydrogens (tertiary/aromatic N) is 4. The number of fused-ring (bicyclic) bond motifs is 2. The average Bonchev–Trinajstić information content (AvgIpc) is 3.49. The molecule has 3 N–H and O–H groups in total. The zero-order valence-electron chi connectivity index (χ0n) is 18.0. The summed E-state index contributed by atoms with van der Waals surface area (Å²) in [5, 5.41) is 14.8. The van der Waals surface area contributed by atoms with Crippen LogP contribution in [0.25, 0.3) is 16.6 Å². The van der Waals surface area contributed by atoms with Gasteiger partial charge < -0.3 is 15.6 Å². The number of imide groups is 1. The molecule has 1 aromatic carbocycles. The van der Waals surface area contributed by atoms with Crippen molar-refractivity contribution < 1.29 is 14.4 Å². The first-order chi connectivity index (χ1) is 16.0. The molecule has 0 radical (unpaired) electrons. The first-order valence-electron chi connectivity index (χ1n) is 10.8. The van der Waals surface area contributed by atoms with Crippen molar-refractivity contribution in [1.82, 2.24) is 35.1 Å². The lowest BCUT2D eigenvalue weighted by Gasteiger charge is -2.15. The smallest absolute Gasteiger partial charge is 0.324 e. The molecular weight excluding hydrogens is 422 g/mol. The number of rotatable bonds is 7. The molecular formula is C23H23N7O3. The number of hydrogen-bond donors (Lipinski definition) is 3. The monoisotopic (exact) mass is 445 g/mol. The first kappa shape index (κ1) is 20.7. The molecule has 4 amide bonds. The second-order valence-corrected chi connectivity index (χ2v) is 8.08. The summed E-state index contributed by atoms with van der Waals surface area (Å²) in [4.78, 5) is 42.1. The van der Waals surface area contributed by atoms with Crippen molar-refractivity contribution >= 4 is 34.4 Å². The molecule has 4 aromatic rings. The zero-order chi connectivity index (χ0) is 22.9. The predicted octanol–water partition coefficient (Wildman–Crippen LogP) is 1.94. The Morgan fingerprint density at radius 2 is 1.97 bits per heavy atom. The van der Waals surface area contributed by atoms with Gasteiger partial charge in [-0.1, -0.05) is 24.3 Å². The molecule has 4 heterocycles. The van der Waals surface area contributed by atoms with Crippen LogP contribution in [0.15, 0.2) is 54.9 Å². The zero-order valence-corrected chi connectivity index (χ0v) is 18.0. The number of urea groups is 1. The van der Waals surface area contributed by atoms with Crippen LogP contribution in [0.5, 0.6) is 0 Å². The standard InChI is InChI=1S/C23H23N7O3/c1-14(21-28-27-19-8-4-5-10-29(19)21)25-20(31)12-18-22(32)30(23(33)26-18)11-9-15-13-24-17-7-3-2-6-16(15)17/h2-8,10,13-14,18,24H,9,11-12H2,1H3,(H,25,31)(H,26,33). The maximum Gasteiger partial charge on any atom is 0.324 e. The molecule has 33 heavy (non-hydrogen) atoms. The van der Waals surface area contributed by atoms with E-state index in [-0.39, 0.29) is 18.9 Å². The largest absolute Gasteiger partial charge is 0.361 e. The van der Waals surface area contributed by atoms with Crippen LogP contribution in [0.4, 0.5) is 4.79 Å². The molecule has 2 atom stereocenters. The highest BCUT2D eigenvalue weighted by Gasteiger charge is 2.39. The van der Waals surface area contributed by atoms with Gasteiger partial charge in [-0.15, -0.1) is 10.2 Å². The summed E-state index contributed by atoms with van der Waals surface area (Å²) in [6, 6.07) is 11.6. The highest BCUT2D eigenvalue weighted by atomic mass is 16.2. The third-order valence-corrected chi connectivity index (χ3v) is 5.88. The van der Waals surface area contributed by atoms with Crippen LogP contribution >= 0.6 is 0 Å². The molecule has 2 unspecified atom stereocenters. The molecule has 0 spiro atoms. The number of nitrogens with one attached hydrogen (secondary N) is 3. The third-order valence-electron chi connectivity index (χ3n) is 5.88. The fourth-order valence-electron chi connectivity index (χ4n) is 4.20. The Kier molecular flexibility index (Phi) is 5.25. The fourth-order valence-corrected chi connectivity index (χ4v) is 4.20. The lowest BCUT2D eigenvalue weighted by Crippen LogP contribution is -2.38. The Morgan fingerprint density at radius 3 is 2.85 bits per heavy atom. The Hall–Kier alpha value is -4.21. The predicted molar refractivity (Wildman–Crippen MR) is 120 cm³/mol. The van der Waals surface area contributed by atoms with E-state index in [9.17, 15) is 14.4 Å². The van der Waals surface area contributed by atoms with Crippen molar-refractivity contribution in [3.05, 3.63) is 66.2 Å². The van der Waals surface area contributed by atoms with Gasteiger partial charge in [-0.2, -0.15) is 0 Å². The van der Waals surface area contributed by atoms with Crippen LogP contribution in [0.1, 0.15) is 30.8 Å². The maximum absolute atomic E-state index is 12.8. The van der Waals surface area contributed by atoms with Gasteiger partial charge in [0.15, 0.2) is 11.5 Å². The average molecular weight is 445 g/mol. The highest BCUT2D eigenvalue weighted by molar-refractivity contribution is 6.05. The fraction of sp³-hybridized carbons (Fsp3) is 0.261. The van der Waals surface area contributed by atoms with Crippen LogP contribution in [0, 0.1) is 0 Å². The Morgan fingerprint density at radius 1 is 1.15 bits per heavy atom. The quantitative estimate of drug-likeness (QED) is 0.375. The number of benzene rings is 1. The Balaban J connectivity index is 1.19. The van der Waals surface area contributed by atoms with Gasteiger partial charge in [0, 0.05) is 29.8 Å². The minimum absolute atomic E-state index is 0.144. The summed E-state index contributed by atoms with van der Waals surface area (Å²) in [7, 11) is 0. The molecule has 0 bridgehead atoms. The first-order valence-corrected chi connectivity index (χ1v) is 10.8. The van der Waals surface area contributed by atoms with E-state index in [1.54, 1.807) is 11.3 Å². The summed E-state index contributed by atoms with van der Waals surface area (Å²) >= 11 is 0. The minimum atomic E-state index is -0.886. The molecule has 1 aliphatic heterocycles. The Bertz CT molecular complexity index is 1360. The van der Waals surface area contributed by atoms with E-state index >= 15 is 0 Å². The summed E-state index contributed by atoms with van der Waals surface area (Å²) < 4.78 is 1.79. The van der Waals surface area contributed by atoms with Crippen molar-refractivity contribution in [3.63, 3.8) is 0 Å². The molecule has 10 heteroatoms. The second kappa shape index (κ2) is 8.38. The molecule has 0 saturated carbocycles. The lowest BCUT2D eigenvalue weighted by molar-refractivity contribution is -0.131. The number of carbonyl (C=O) groups excluding carboxylic acids is 3. The van der Waals surface area contributed by atoms with Gasteiger partial charge >= 0.3 is 6.03 Å². The van der Waals surface area contributed by atoms with Gasteiger partial charge in [0.2, 0.25) is 5.91 Å². The molecule has 5 rings (SSSR count). The number of aromatic nitrogens is 4. The third kappa shape index (κ3) is 3.91. The van der Waals surface area contributed by atoms with Gasteiger partial charge in [-0.25, -0.2) is 4.79 Å². The highest BCUT2D eigenvalue weighted by Crippen LogP contribution is 2.20. The minimum Gasteiger partial charge on any atom is -0.361 e. The number of H-pyrrole nitrogens is 1. The molecule has 1 aliphatic rings. The molecule has 0 aliphatic carbocycles. The van der Waals surface area contributed by atoms with Crippen LogP contribution in [-0.4, -0.2) is 54.9 Å². The molecule has 1 fully saturated rings. The molecule has 3 aromatic heterocycles. The van der Waals surface area contributed by atoms with E-state index in [2.05, 4.69) is 25.8 Å². The van der Waals surface area contributed by atoms with Crippen molar-refractivity contribution in [2.45, 2.75) is 31.8 Å². The number of aromatic amines is 1. The number of para-hydroxylation sites is 1. The van der Waals surface area contributed by atoms with E-state index in [0.29, 0.717) is 17.9 Å². The van der Waals surface area contributed by atoms with E-state index in [0.717, 1.165) is 16.5 Å². The van der Waals surface area contributed by atoms with Crippen molar-refractivity contribution in [2.24, 2.45) is 0 Å². The van der Waals surface area contributed by atoms with Gasteiger partial charge in [-0.05, 0) is 37.1 Å². The maximum atomic E-state index is 12.8. The van der Waals surface area contributed by atoms with Crippen LogP contribution in [0.3, 0.4) is 0 Å². The van der Waals surface area contributed by atoms with Gasteiger partial charge in [-0.3, -0.25) is 18.9 Å². The number of amides is 4. The molecule has 10 nitrogen and oxygen atoms in total. The summed E-state index contributed by atoms with van der Waals surface area (Å²) in [6.45, 7) is 2.04. The normalized spacial score (nSPS) is 17.0. The van der Waals surface area contributed by atoms with Crippen molar-refractivity contribution in [1.29, 1.82) is 0 Å².